The van der Waals surface area contributed by atoms with Crippen LogP contribution in [0.5, 0.6) is 0 Å². The lowest BCUT2D eigenvalue weighted by molar-refractivity contribution is -0.145. The molecule has 2 aliphatic rings. The van der Waals surface area contributed by atoms with Gasteiger partial charge in [0.15, 0.2) is 0 Å². The average molecular weight is 336 g/mol. The van der Waals surface area contributed by atoms with E-state index in [-0.39, 0.29) is 18.1 Å². The SMILES string of the molecule is N#C/C(=C/N1CCN(CCO)CC1)C(=O)N1CCC(C(=O)O)CC1. The number of nitriles is 1. The molecule has 8 nitrogen and oxygen atoms in total. The summed E-state index contributed by atoms with van der Waals surface area (Å²) in [6.07, 6.45) is 2.47. The summed E-state index contributed by atoms with van der Waals surface area (Å²) in [7, 11) is 0. The fourth-order valence-electron chi connectivity index (χ4n) is 3.07. The third-order valence-corrected chi connectivity index (χ3v) is 4.62. The number of hydrogen-bond acceptors (Lipinski definition) is 6. The van der Waals surface area contributed by atoms with Gasteiger partial charge in [0.2, 0.25) is 0 Å². The number of carboxylic acids is 1. The molecule has 0 aromatic carbocycles. The number of rotatable bonds is 5. The molecule has 2 N–H and O–H groups in total. The molecule has 0 aliphatic carbocycles. The molecule has 2 saturated heterocycles. The summed E-state index contributed by atoms with van der Waals surface area (Å²) < 4.78 is 0. The number of aliphatic hydroxyl groups excluding tert-OH is 1. The van der Waals surface area contributed by atoms with Crippen LogP contribution in [0.1, 0.15) is 12.8 Å². The minimum absolute atomic E-state index is 0.0967. The number of likely N-dealkylation sites (tertiary alicyclic amines) is 1. The quantitative estimate of drug-likeness (QED) is 0.506. The Labute approximate surface area is 141 Å². The Bertz CT molecular complexity index is 527. The van der Waals surface area contributed by atoms with Crippen molar-refractivity contribution in [3.05, 3.63) is 11.8 Å². The first kappa shape index (κ1) is 18.2. The van der Waals surface area contributed by atoms with Gasteiger partial charge in [0.25, 0.3) is 5.91 Å². The zero-order valence-electron chi connectivity index (χ0n) is 13.7. The highest BCUT2D eigenvalue weighted by Crippen LogP contribution is 2.19. The van der Waals surface area contributed by atoms with Crippen molar-refractivity contribution in [1.82, 2.24) is 14.7 Å². The van der Waals surface area contributed by atoms with Gasteiger partial charge in [0, 0.05) is 52.0 Å². The van der Waals surface area contributed by atoms with E-state index in [0.717, 1.165) is 13.1 Å². The zero-order chi connectivity index (χ0) is 17.5. The van der Waals surface area contributed by atoms with Gasteiger partial charge in [-0.15, -0.1) is 0 Å². The van der Waals surface area contributed by atoms with Crippen molar-refractivity contribution < 1.29 is 19.8 Å². The maximum absolute atomic E-state index is 12.5. The van der Waals surface area contributed by atoms with Crippen molar-refractivity contribution in [2.24, 2.45) is 5.92 Å². The van der Waals surface area contributed by atoms with Crippen LogP contribution in [-0.2, 0) is 9.59 Å². The number of piperazine rings is 1. The van der Waals surface area contributed by atoms with Gasteiger partial charge in [-0.1, -0.05) is 0 Å². The first-order valence-electron chi connectivity index (χ1n) is 8.26. The molecule has 0 spiro atoms. The Balaban J connectivity index is 1.90. The second-order valence-corrected chi connectivity index (χ2v) is 6.16. The molecular formula is C16H24N4O4. The van der Waals surface area contributed by atoms with Crippen molar-refractivity contribution in [1.29, 1.82) is 5.26 Å². The molecule has 0 radical (unpaired) electrons. The third kappa shape index (κ3) is 4.69. The number of β-amino-alcohol motifs (C(OH)–C–C–N with tert-alkyl or cyclic N) is 1. The second-order valence-electron chi connectivity index (χ2n) is 6.16. The van der Waals surface area contributed by atoms with Gasteiger partial charge < -0.3 is 20.0 Å². The number of carbonyl (C=O) groups excluding carboxylic acids is 1. The largest absolute Gasteiger partial charge is 0.481 e. The van der Waals surface area contributed by atoms with Crippen molar-refractivity contribution in [3.63, 3.8) is 0 Å². The van der Waals surface area contributed by atoms with Crippen molar-refractivity contribution >= 4 is 11.9 Å². The van der Waals surface area contributed by atoms with Crippen LogP contribution < -0.4 is 0 Å². The number of aliphatic hydroxyl groups is 1. The lowest BCUT2D eigenvalue weighted by atomic mass is 9.97. The highest BCUT2D eigenvalue weighted by Gasteiger charge is 2.28. The first-order valence-corrected chi connectivity index (χ1v) is 8.26. The van der Waals surface area contributed by atoms with Gasteiger partial charge in [0.05, 0.1) is 12.5 Å². The lowest BCUT2D eigenvalue weighted by Crippen LogP contribution is -2.45. The molecule has 2 rings (SSSR count). The van der Waals surface area contributed by atoms with Crippen LogP contribution >= 0.6 is 0 Å². The molecule has 0 bridgehead atoms. The second kappa shape index (κ2) is 8.66. The van der Waals surface area contributed by atoms with E-state index in [9.17, 15) is 14.9 Å². The van der Waals surface area contributed by atoms with Gasteiger partial charge in [-0.2, -0.15) is 5.26 Å². The molecule has 1 amide bonds. The number of nitrogens with zero attached hydrogens (tertiary/aromatic N) is 4. The first-order chi connectivity index (χ1) is 11.5. The fraction of sp³-hybridized carbons (Fsp3) is 0.688. The molecule has 2 heterocycles. The highest BCUT2D eigenvalue weighted by molar-refractivity contribution is 5.97. The van der Waals surface area contributed by atoms with E-state index in [4.69, 9.17) is 10.2 Å². The van der Waals surface area contributed by atoms with Crippen LogP contribution in [0, 0.1) is 17.2 Å². The minimum atomic E-state index is -0.820. The van der Waals surface area contributed by atoms with E-state index >= 15 is 0 Å². The summed E-state index contributed by atoms with van der Waals surface area (Å²) in [5.74, 6) is -1.54. The van der Waals surface area contributed by atoms with Crippen LogP contribution in [0.4, 0.5) is 0 Å². The number of aliphatic carboxylic acids is 1. The molecular weight excluding hydrogens is 312 g/mol. The van der Waals surface area contributed by atoms with Crippen LogP contribution in [0.25, 0.3) is 0 Å². The summed E-state index contributed by atoms with van der Waals surface area (Å²) >= 11 is 0. The number of carboxylic acid groups (broad SMARTS) is 1. The van der Waals surface area contributed by atoms with E-state index in [2.05, 4.69) is 4.90 Å². The van der Waals surface area contributed by atoms with Gasteiger partial charge in [-0.3, -0.25) is 14.5 Å². The maximum atomic E-state index is 12.5. The topological polar surface area (TPSA) is 108 Å². The molecule has 8 heteroatoms. The Morgan fingerprint density at radius 1 is 1.12 bits per heavy atom. The van der Waals surface area contributed by atoms with Crippen molar-refractivity contribution in [2.75, 3.05) is 52.4 Å². The summed E-state index contributed by atoms with van der Waals surface area (Å²) in [6, 6.07) is 1.98. The van der Waals surface area contributed by atoms with E-state index in [1.165, 1.54) is 0 Å². The molecule has 0 aromatic heterocycles. The Hall–Kier alpha value is -2.11. The number of hydrogen-bond donors (Lipinski definition) is 2. The smallest absolute Gasteiger partial charge is 0.306 e. The average Bonchev–Trinajstić information content (AvgIpc) is 2.61. The molecule has 0 saturated carbocycles. The Morgan fingerprint density at radius 2 is 1.75 bits per heavy atom. The monoisotopic (exact) mass is 336 g/mol. The Morgan fingerprint density at radius 3 is 2.25 bits per heavy atom. The zero-order valence-corrected chi connectivity index (χ0v) is 13.7. The van der Waals surface area contributed by atoms with E-state index in [1.54, 1.807) is 11.1 Å². The normalized spacial score (nSPS) is 20.8. The molecule has 132 valence electrons. The van der Waals surface area contributed by atoms with Crippen LogP contribution in [-0.4, -0.2) is 89.2 Å². The molecule has 0 unspecified atom stereocenters. The molecule has 24 heavy (non-hydrogen) atoms. The van der Waals surface area contributed by atoms with Gasteiger partial charge in [0.1, 0.15) is 11.6 Å². The van der Waals surface area contributed by atoms with Gasteiger partial charge in [-0.05, 0) is 12.8 Å². The predicted molar refractivity (Wildman–Crippen MR) is 85.7 cm³/mol. The standard InChI is InChI=1S/C16H24N4O4/c17-11-14(12-19-7-5-18(6-8-19)9-10-21)15(22)20-3-1-13(2-4-20)16(23)24/h12-13,21H,1-10H2,(H,23,24)/b14-12-. The number of piperidine rings is 1. The fourth-order valence-corrected chi connectivity index (χ4v) is 3.07. The molecule has 2 aliphatic heterocycles. The molecule has 2 fully saturated rings. The summed E-state index contributed by atoms with van der Waals surface area (Å²) in [5, 5.41) is 27.2. The minimum Gasteiger partial charge on any atom is -0.481 e. The molecule has 0 aromatic rings. The van der Waals surface area contributed by atoms with Gasteiger partial charge >= 0.3 is 5.97 Å². The van der Waals surface area contributed by atoms with E-state index in [0.29, 0.717) is 45.6 Å². The van der Waals surface area contributed by atoms with Gasteiger partial charge in [-0.25, -0.2) is 0 Å². The van der Waals surface area contributed by atoms with Crippen LogP contribution in [0.15, 0.2) is 11.8 Å². The summed E-state index contributed by atoms with van der Waals surface area (Å²) in [6.45, 7) is 4.50. The molecule has 0 atom stereocenters. The number of amides is 1. The summed E-state index contributed by atoms with van der Waals surface area (Å²) in [4.78, 5) is 29.1. The maximum Gasteiger partial charge on any atom is 0.306 e. The van der Waals surface area contributed by atoms with E-state index < -0.39 is 11.9 Å². The number of carbonyl (C=O) groups is 2. The highest BCUT2D eigenvalue weighted by atomic mass is 16.4. The predicted octanol–water partition coefficient (Wildman–Crippen LogP) is -0.673. The summed E-state index contributed by atoms with van der Waals surface area (Å²) in [5.41, 5.74) is 0.0967. The Kier molecular flexibility index (Phi) is 6.58. The van der Waals surface area contributed by atoms with Crippen molar-refractivity contribution in [2.45, 2.75) is 12.8 Å². The third-order valence-electron chi connectivity index (χ3n) is 4.62. The van der Waals surface area contributed by atoms with Crippen LogP contribution in [0.3, 0.4) is 0 Å². The lowest BCUT2D eigenvalue weighted by Gasteiger charge is -2.34. The van der Waals surface area contributed by atoms with E-state index in [1.807, 2.05) is 11.0 Å². The van der Waals surface area contributed by atoms with Crippen molar-refractivity contribution in [3.8, 4) is 6.07 Å². The van der Waals surface area contributed by atoms with Crippen LogP contribution in [0.2, 0.25) is 0 Å².